The summed E-state index contributed by atoms with van der Waals surface area (Å²) in [4.78, 5) is 4.18. The largest absolute Gasteiger partial charge is 0.382 e. The van der Waals surface area contributed by atoms with Crippen LogP contribution in [0.2, 0.25) is 0 Å². The number of nitrogens with one attached hydrogen (secondary N) is 1. The van der Waals surface area contributed by atoms with Gasteiger partial charge in [-0.2, -0.15) is 5.10 Å². The number of hydrogen-bond acceptors (Lipinski definition) is 5. The van der Waals surface area contributed by atoms with Crippen molar-refractivity contribution < 1.29 is 0 Å². The number of nitrogens with zero attached hydrogens (tertiary/aromatic N) is 4. The maximum atomic E-state index is 6.09. The lowest BCUT2D eigenvalue weighted by Crippen LogP contribution is -2.38. The second kappa shape index (κ2) is 5.77. The minimum atomic E-state index is 0.530. The average Bonchev–Trinajstić information content (AvgIpc) is 3.26. The Morgan fingerprint density at radius 3 is 2.88 bits per heavy atom. The van der Waals surface area contributed by atoms with E-state index in [1.165, 1.54) is 5.56 Å². The number of aromatic nitrogens is 2. The molecule has 0 bridgehead atoms. The molecule has 5 rings (SSSR count). The van der Waals surface area contributed by atoms with Gasteiger partial charge in [-0.1, -0.05) is 48.5 Å². The Kier molecular flexibility index (Phi) is 3.28. The second-order valence-corrected chi connectivity index (χ2v) is 6.44. The van der Waals surface area contributed by atoms with Crippen LogP contribution in [0.1, 0.15) is 11.1 Å². The molecule has 3 heterocycles. The third kappa shape index (κ3) is 2.43. The first-order valence-electron chi connectivity index (χ1n) is 8.56. The number of nitrogens with two attached hydrogens (primary N) is 1. The van der Waals surface area contributed by atoms with Crippen molar-refractivity contribution in [2.45, 2.75) is 6.54 Å². The molecule has 26 heavy (non-hydrogen) atoms. The molecule has 3 aromatic rings. The lowest BCUT2D eigenvalue weighted by Gasteiger charge is -2.24. The normalized spacial score (nSPS) is 16.0. The summed E-state index contributed by atoms with van der Waals surface area (Å²) in [5.41, 5.74) is 14.5. The molecular weight excluding hydrogens is 324 g/mol. The summed E-state index contributed by atoms with van der Waals surface area (Å²) in [6.45, 7) is 1.52. The zero-order valence-corrected chi connectivity index (χ0v) is 14.1. The van der Waals surface area contributed by atoms with Crippen molar-refractivity contribution in [2.75, 3.05) is 6.54 Å². The van der Waals surface area contributed by atoms with E-state index in [1.807, 2.05) is 27.9 Å². The molecule has 0 saturated heterocycles. The number of aliphatic imine (C=N–C) groups is 1. The van der Waals surface area contributed by atoms with Crippen molar-refractivity contribution in [1.82, 2.24) is 20.2 Å². The van der Waals surface area contributed by atoms with E-state index in [1.54, 1.807) is 6.34 Å². The van der Waals surface area contributed by atoms with Crippen LogP contribution in [-0.4, -0.2) is 27.7 Å². The fourth-order valence-corrected chi connectivity index (χ4v) is 3.48. The molecule has 0 amide bonds. The van der Waals surface area contributed by atoms with Crippen LogP contribution >= 0.6 is 0 Å². The molecule has 2 aliphatic rings. The number of allylic oxidation sites excluding steroid dienone is 1. The number of rotatable bonds is 3. The standard InChI is InChI=1S/C20H18N6/c21-20-19-17(8-9-26(19)23-13-22-20)15-6-7-16-12-25(24-18(16)10-15)11-14-4-2-1-3-5-14/h1-8,10,12-13H,9,11,21H2,(H,22,23). The number of benzene rings is 2. The minimum Gasteiger partial charge on any atom is -0.382 e. The van der Waals surface area contributed by atoms with Crippen molar-refractivity contribution in [2.24, 2.45) is 10.7 Å². The van der Waals surface area contributed by atoms with Gasteiger partial charge in [0.2, 0.25) is 0 Å². The summed E-state index contributed by atoms with van der Waals surface area (Å²) in [5.74, 6) is 0.530. The van der Waals surface area contributed by atoms with Crippen molar-refractivity contribution in [3.63, 3.8) is 0 Å². The fraction of sp³-hybridized carbons (Fsp3) is 0.100. The van der Waals surface area contributed by atoms with Gasteiger partial charge in [0.15, 0.2) is 5.82 Å². The average molecular weight is 342 g/mol. The first-order valence-corrected chi connectivity index (χ1v) is 8.56. The molecule has 0 atom stereocenters. The molecule has 6 nitrogen and oxygen atoms in total. The monoisotopic (exact) mass is 342 g/mol. The summed E-state index contributed by atoms with van der Waals surface area (Å²) >= 11 is 0. The van der Waals surface area contributed by atoms with Crippen LogP contribution in [-0.2, 0) is 6.54 Å². The smallest absolute Gasteiger partial charge is 0.151 e. The van der Waals surface area contributed by atoms with Gasteiger partial charge in [0.05, 0.1) is 18.6 Å². The van der Waals surface area contributed by atoms with Crippen LogP contribution in [0.15, 0.2) is 77.3 Å². The zero-order chi connectivity index (χ0) is 17.5. The maximum absolute atomic E-state index is 6.09. The molecule has 0 saturated carbocycles. The van der Waals surface area contributed by atoms with E-state index in [0.717, 1.165) is 40.8 Å². The summed E-state index contributed by atoms with van der Waals surface area (Å²) < 4.78 is 1.99. The highest BCUT2D eigenvalue weighted by Crippen LogP contribution is 2.33. The molecule has 6 heteroatoms. The highest BCUT2D eigenvalue weighted by atomic mass is 15.5. The van der Waals surface area contributed by atoms with Crippen LogP contribution in [0.4, 0.5) is 0 Å². The predicted octanol–water partition coefficient (Wildman–Crippen LogP) is 2.46. The van der Waals surface area contributed by atoms with Crippen molar-refractivity contribution in [1.29, 1.82) is 0 Å². The van der Waals surface area contributed by atoms with Gasteiger partial charge in [0.25, 0.3) is 0 Å². The van der Waals surface area contributed by atoms with E-state index < -0.39 is 0 Å². The van der Waals surface area contributed by atoms with Crippen LogP contribution < -0.4 is 11.2 Å². The Bertz CT molecular complexity index is 1070. The molecule has 2 aromatic carbocycles. The van der Waals surface area contributed by atoms with Crippen LogP contribution in [0.25, 0.3) is 16.5 Å². The van der Waals surface area contributed by atoms with Gasteiger partial charge in [-0.3, -0.25) is 15.1 Å². The molecule has 0 unspecified atom stereocenters. The molecule has 1 aromatic heterocycles. The molecule has 0 aliphatic carbocycles. The van der Waals surface area contributed by atoms with Gasteiger partial charge in [-0.15, -0.1) is 0 Å². The summed E-state index contributed by atoms with van der Waals surface area (Å²) in [6, 6.07) is 16.7. The van der Waals surface area contributed by atoms with Crippen molar-refractivity contribution >= 4 is 22.8 Å². The van der Waals surface area contributed by atoms with Gasteiger partial charge >= 0.3 is 0 Å². The highest BCUT2D eigenvalue weighted by molar-refractivity contribution is 5.88. The van der Waals surface area contributed by atoms with E-state index in [-0.39, 0.29) is 0 Å². The topological polar surface area (TPSA) is 71.5 Å². The lowest BCUT2D eigenvalue weighted by atomic mass is 10.0. The van der Waals surface area contributed by atoms with Crippen LogP contribution in [0, 0.1) is 0 Å². The Hall–Kier alpha value is -3.54. The predicted molar refractivity (Wildman–Crippen MR) is 103 cm³/mol. The van der Waals surface area contributed by atoms with E-state index in [2.05, 4.69) is 53.0 Å². The third-order valence-electron chi connectivity index (χ3n) is 4.72. The van der Waals surface area contributed by atoms with Gasteiger partial charge in [-0.25, -0.2) is 4.99 Å². The van der Waals surface area contributed by atoms with Gasteiger partial charge in [-0.05, 0) is 17.2 Å². The third-order valence-corrected chi connectivity index (χ3v) is 4.72. The molecule has 3 N–H and O–H groups in total. The van der Waals surface area contributed by atoms with E-state index in [9.17, 15) is 0 Å². The maximum Gasteiger partial charge on any atom is 0.151 e. The first kappa shape index (κ1) is 14.8. The zero-order valence-electron chi connectivity index (χ0n) is 14.1. The molecule has 128 valence electrons. The van der Waals surface area contributed by atoms with E-state index in [4.69, 9.17) is 10.8 Å². The second-order valence-electron chi connectivity index (χ2n) is 6.44. The van der Waals surface area contributed by atoms with Gasteiger partial charge in [0.1, 0.15) is 12.0 Å². The molecule has 0 radical (unpaired) electrons. The van der Waals surface area contributed by atoms with Crippen molar-refractivity contribution in [3.05, 3.63) is 83.4 Å². The Morgan fingerprint density at radius 2 is 2.00 bits per heavy atom. The minimum absolute atomic E-state index is 0.530. The molecular formula is C20H18N6. The lowest BCUT2D eigenvalue weighted by molar-refractivity contribution is 0.357. The van der Waals surface area contributed by atoms with E-state index in [0.29, 0.717) is 5.82 Å². The number of fused-ring (bicyclic) bond motifs is 2. The Balaban J connectivity index is 1.50. The van der Waals surface area contributed by atoms with Crippen molar-refractivity contribution in [3.8, 4) is 0 Å². The molecule has 0 fully saturated rings. The van der Waals surface area contributed by atoms with Crippen LogP contribution in [0.3, 0.4) is 0 Å². The highest BCUT2D eigenvalue weighted by Gasteiger charge is 2.26. The quantitative estimate of drug-likeness (QED) is 0.767. The Morgan fingerprint density at radius 1 is 1.12 bits per heavy atom. The Labute approximate surface area is 150 Å². The van der Waals surface area contributed by atoms with Crippen LogP contribution in [0.5, 0.6) is 0 Å². The molecule has 0 spiro atoms. The first-order chi connectivity index (χ1) is 12.8. The number of hydrogen-bond donors (Lipinski definition) is 2. The summed E-state index contributed by atoms with van der Waals surface area (Å²) in [6.07, 6.45) is 5.86. The summed E-state index contributed by atoms with van der Waals surface area (Å²) in [5, 5.41) is 7.87. The molecule has 2 aliphatic heterocycles. The fourth-order valence-electron chi connectivity index (χ4n) is 3.48. The number of hydrazine groups is 1. The van der Waals surface area contributed by atoms with E-state index >= 15 is 0 Å². The van der Waals surface area contributed by atoms with Gasteiger partial charge < -0.3 is 5.73 Å². The van der Waals surface area contributed by atoms with Gasteiger partial charge in [0, 0.05) is 17.2 Å². The SMILES string of the molecule is NC1=C2C(c3ccc4cn(Cc5ccccc5)nc4c3)=CCN2NC=N1. The summed E-state index contributed by atoms with van der Waals surface area (Å²) in [7, 11) is 0.